The number of aromatic nitrogens is 3. The Bertz CT molecular complexity index is 3150. The van der Waals surface area contributed by atoms with E-state index >= 15 is 0 Å². The lowest BCUT2D eigenvalue weighted by molar-refractivity contribution is 1.12. The summed E-state index contributed by atoms with van der Waals surface area (Å²) in [5, 5.41) is 35.3. The molecule has 0 bridgehead atoms. The third-order valence-corrected chi connectivity index (χ3v) is 10.8. The first-order valence-electron chi connectivity index (χ1n) is 18.2. The number of fused-ring (bicyclic) bond motifs is 6. The van der Waals surface area contributed by atoms with Gasteiger partial charge in [-0.15, -0.1) is 0 Å². The van der Waals surface area contributed by atoms with Gasteiger partial charge in [-0.25, -0.2) is 0 Å². The van der Waals surface area contributed by atoms with Gasteiger partial charge in [-0.1, -0.05) is 84.9 Å². The van der Waals surface area contributed by atoms with Gasteiger partial charge >= 0.3 is 0 Å². The molecule has 7 aromatic carbocycles. The van der Waals surface area contributed by atoms with E-state index in [1.54, 1.807) is 12.4 Å². The number of benzene rings is 7. The number of nitrogens with zero attached hydrogens (tertiary/aromatic N) is 6. The summed E-state index contributed by atoms with van der Waals surface area (Å²) in [5.74, 6) is 0. The smallest absolute Gasteiger partial charge is 0.104 e. The minimum absolute atomic E-state index is 0.519. The Hall–Kier alpha value is -8.24. The average molecular weight is 713 g/mol. The van der Waals surface area contributed by atoms with Gasteiger partial charge in [0.2, 0.25) is 0 Å². The molecule has 3 heterocycles. The predicted octanol–water partition coefficient (Wildman–Crippen LogP) is 11.9. The fourth-order valence-electron chi connectivity index (χ4n) is 8.25. The van der Waals surface area contributed by atoms with Crippen molar-refractivity contribution in [1.82, 2.24) is 14.1 Å². The van der Waals surface area contributed by atoms with Crippen LogP contribution in [0, 0.1) is 34.0 Å². The summed E-state index contributed by atoms with van der Waals surface area (Å²) in [6.45, 7) is 0. The number of nitriles is 3. The molecule has 258 valence electrons. The molecule has 3 aromatic heterocycles. The Labute approximate surface area is 322 Å². The van der Waals surface area contributed by atoms with E-state index in [4.69, 9.17) is 0 Å². The third kappa shape index (κ3) is 4.97. The highest BCUT2D eigenvalue weighted by atomic mass is 15.0. The van der Waals surface area contributed by atoms with Crippen LogP contribution >= 0.6 is 0 Å². The Morgan fingerprint density at radius 3 is 1.30 bits per heavy atom. The zero-order chi connectivity index (χ0) is 37.8. The molecule has 0 saturated carbocycles. The van der Waals surface area contributed by atoms with Crippen LogP contribution in [0.25, 0.3) is 88.4 Å². The van der Waals surface area contributed by atoms with Gasteiger partial charge in [0.25, 0.3) is 0 Å². The molecule has 0 fully saturated rings. The number of hydrogen-bond donors (Lipinski definition) is 0. The van der Waals surface area contributed by atoms with Gasteiger partial charge in [-0.2, -0.15) is 15.8 Å². The second-order valence-electron chi connectivity index (χ2n) is 13.7. The van der Waals surface area contributed by atoms with E-state index in [-0.39, 0.29) is 0 Å². The minimum Gasteiger partial charge on any atom is -0.308 e. The third-order valence-electron chi connectivity index (χ3n) is 10.8. The van der Waals surface area contributed by atoms with Crippen molar-refractivity contribution >= 4 is 43.6 Å². The number of para-hydroxylation sites is 2. The molecule has 6 heteroatoms. The molecule has 0 unspecified atom stereocenters. The standard InChI is InChI=1S/C50H28N6/c51-29-35-9-1-3-11-38(35)33-17-19-47-42(25-33)40-13-5-7-15-45(40)55(47)49-27-37(32-21-23-54-24-22-32)28-50(44(49)31-53)56-46-16-8-6-14-41(46)43-26-34(18-20-48(43)56)39-12-4-2-10-36(39)30-52/h1-28H. The van der Waals surface area contributed by atoms with Gasteiger partial charge in [0, 0.05) is 33.9 Å². The van der Waals surface area contributed by atoms with E-state index in [9.17, 15) is 15.8 Å². The molecule has 0 radical (unpaired) electrons. The van der Waals surface area contributed by atoms with Crippen molar-refractivity contribution in [2.24, 2.45) is 0 Å². The van der Waals surface area contributed by atoms with Crippen LogP contribution in [0.1, 0.15) is 16.7 Å². The SMILES string of the molecule is N#Cc1ccccc1-c1ccc2c(c1)c1ccccc1n2-c1cc(-c2ccncc2)cc(-n2c3ccccc3c3cc(-c4ccccc4C#N)ccc32)c1C#N. The molecule has 6 nitrogen and oxygen atoms in total. The highest BCUT2D eigenvalue weighted by molar-refractivity contribution is 6.12. The maximum atomic E-state index is 11.3. The molecular formula is C50H28N6. The first-order chi connectivity index (χ1) is 27.7. The van der Waals surface area contributed by atoms with E-state index < -0.39 is 0 Å². The van der Waals surface area contributed by atoms with Crippen LogP contribution in [0.4, 0.5) is 0 Å². The molecule has 0 saturated heterocycles. The molecule has 0 aliphatic heterocycles. The van der Waals surface area contributed by atoms with Crippen molar-refractivity contribution < 1.29 is 0 Å². The molecule has 10 rings (SSSR count). The predicted molar refractivity (Wildman–Crippen MR) is 223 cm³/mol. The normalized spacial score (nSPS) is 11.2. The summed E-state index contributed by atoms with van der Waals surface area (Å²) in [4.78, 5) is 4.30. The second kappa shape index (κ2) is 13.0. The summed E-state index contributed by atoms with van der Waals surface area (Å²) in [6.07, 6.45) is 3.57. The molecule has 0 amide bonds. The average Bonchev–Trinajstić information content (AvgIpc) is 3.78. The summed E-state index contributed by atoms with van der Waals surface area (Å²) in [6, 6.07) is 60.0. The minimum atomic E-state index is 0.519. The van der Waals surface area contributed by atoms with Gasteiger partial charge in [-0.3, -0.25) is 4.98 Å². The zero-order valence-corrected chi connectivity index (χ0v) is 29.8. The van der Waals surface area contributed by atoms with Crippen molar-refractivity contribution in [3.05, 3.63) is 187 Å². The fraction of sp³-hybridized carbons (Fsp3) is 0. The number of pyridine rings is 1. The maximum absolute atomic E-state index is 11.3. The molecule has 0 atom stereocenters. The number of rotatable bonds is 5. The van der Waals surface area contributed by atoms with Gasteiger partial charge in [0.15, 0.2) is 0 Å². The van der Waals surface area contributed by atoms with Crippen molar-refractivity contribution in [2.45, 2.75) is 0 Å². The molecule has 0 aliphatic rings. The van der Waals surface area contributed by atoms with Crippen LogP contribution in [0.5, 0.6) is 0 Å². The summed E-state index contributed by atoms with van der Waals surface area (Å²) < 4.78 is 4.39. The van der Waals surface area contributed by atoms with Gasteiger partial charge in [-0.05, 0) is 106 Å². The number of hydrogen-bond acceptors (Lipinski definition) is 4. The van der Waals surface area contributed by atoms with E-state index in [0.717, 1.165) is 88.4 Å². The first-order valence-corrected chi connectivity index (χ1v) is 18.2. The highest BCUT2D eigenvalue weighted by Gasteiger charge is 2.23. The zero-order valence-electron chi connectivity index (χ0n) is 29.8. The van der Waals surface area contributed by atoms with Crippen LogP contribution in [0.2, 0.25) is 0 Å². The van der Waals surface area contributed by atoms with Crippen molar-refractivity contribution in [3.8, 4) is 63.0 Å². The van der Waals surface area contributed by atoms with Crippen LogP contribution in [0.3, 0.4) is 0 Å². The Morgan fingerprint density at radius 1 is 0.375 bits per heavy atom. The van der Waals surface area contributed by atoms with E-state index in [1.165, 1.54) is 0 Å². The lowest BCUT2D eigenvalue weighted by Gasteiger charge is -2.18. The van der Waals surface area contributed by atoms with E-state index in [1.807, 2.05) is 84.9 Å². The van der Waals surface area contributed by atoms with Crippen molar-refractivity contribution in [3.63, 3.8) is 0 Å². The Morgan fingerprint density at radius 2 is 0.821 bits per heavy atom. The van der Waals surface area contributed by atoms with Crippen molar-refractivity contribution in [2.75, 3.05) is 0 Å². The summed E-state index contributed by atoms with van der Waals surface area (Å²) in [7, 11) is 0. The van der Waals surface area contributed by atoms with Crippen LogP contribution in [-0.4, -0.2) is 14.1 Å². The van der Waals surface area contributed by atoms with Crippen LogP contribution < -0.4 is 0 Å². The highest BCUT2D eigenvalue weighted by Crippen LogP contribution is 2.42. The molecule has 56 heavy (non-hydrogen) atoms. The van der Waals surface area contributed by atoms with Gasteiger partial charge < -0.3 is 9.13 Å². The largest absolute Gasteiger partial charge is 0.308 e. The lowest BCUT2D eigenvalue weighted by Crippen LogP contribution is -2.05. The fourth-order valence-corrected chi connectivity index (χ4v) is 8.25. The first kappa shape index (κ1) is 32.4. The molecular weight excluding hydrogens is 685 g/mol. The van der Waals surface area contributed by atoms with E-state index in [2.05, 4.69) is 105 Å². The molecule has 10 aromatic rings. The second-order valence-corrected chi connectivity index (χ2v) is 13.7. The topological polar surface area (TPSA) is 94.1 Å². The Kier molecular flexibility index (Phi) is 7.53. The quantitative estimate of drug-likeness (QED) is 0.177. The Balaban J connectivity index is 1.29. The monoisotopic (exact) mass is 712 g/mol. The summed E-state index contributed by atoms with van der Waals surface area (Å²) >= 11 is 0. The lowest BCUT2D eigenvalue weighted by atomic mass is 9.98. The molecule has 0 spiro atoms. The van der Waals surface area contributed by atoms with Gasteiger partial charge in [0.1, 0.15) is 11.6 Å². The molecule has 0 aliphatic carbocycles. The van der Waals surface area contributed by atoms with Gasteiger partial charge in [0.05, 0.1) is 56.7 Å². The van der Waals surface area contributed by atoms with Crippen LogP contribution in [-0.2, 0) is 0 Å². The molecule has 0 N–H and O–H groups in total. The maximum Gasteiger partial charge on any atom is 0.104 e. The van der Waals surface area contributed by atoms with Crippen molar-refractivity contribution in [1.29, 1.82) is 15.8 Å². The summed E-state index contributed by atoms with van der Waals surface area (Å²) in [5.41, 5.74) is 12.6. The van der Waals surface area contributed by atoms with Crippen LogP contribution in [0.15, 0.2) is 170 Å². The van der Waals surface area contributed by atoms with E-state index in [0.29, 0.717) is 16.7 Å².